The van der Waals surface area contributed by atoms with E-state index in [2.05, 4.69) is 58.3 Å². The lowest BCUT2D eigenvalue weighted by atomic mass is 10.1. The van der Waals surface area contributed by atoms with Crippen LogP contribution in [0.4, 0.5) is 0 Å². The molecule has 2 aromatic heterocycles. The van der Waals surface area contributed by atoms with Crippen molar-refractivity contribution in [1.82, 2.24) is 15.2 Å². The predicted molar refractivity (Wildman–Crippen MR) is 97.0 cm³/mol. The van der Waals surface area contributed by atoms with E-state index in [9.17, 15) is 0 Å². The number of aryl methyl sites for hydroxylation is 1. The highest BCUT2D eigenvalue weighted by Crippen LogP contribution is 2.18. The first-order chi connectivity index (χ1) is 10.6. The average molecular weight is 337 g/mol. The minimum atomic E-state index is 0.440. The van der Waals surface area contributed by atoms with Crippen molar-refractivity contribution in [3.63, 3.8) is 0 Å². The molecule has 0 aromatic carbocycles. The summed E-state index contributed by atoms with van der Waals surface area (Å²) in [6, 6.07) is 2.18. The Morgan fingerprint density at radius 1 is 1.45 bits per heavy atom. The van der Waals surface area contributed by atoms with E-state index in [0.29, 0.717) is 5.92 Å². The molecule has 1 N–H and O–H groups in total. The van der Waals surface area contributed by atoms with Gasteiger partial charge in [-0.25, -0.2) is 4.98 Å². The molecule has 0 radical (unpaired) electrons. The van der Waals surface area contributed by atoms with E-state index in [0.717, 1.165) is 36.3 Å². The van der Waals surface area contributed by atoms with Crippen LogP contribution in [-0.2, 0) is 6.54 Å². The van der Waals surface area contributed by atoms with E-state index >= 15 is 0 Å². The van der Waals surface area contributed by atoms with Gasteiger partial charge >= 0.3 is 0 Å². The number of hydrogen-bond acceptors (Lipinski definition) is 4. The first kappa shape index (κ1) is 17.0. The van der Waals surface area contributed by atoms with E-state index in [4.69, 9.17) is 4.99 Å². The number of guanidine groups is 1. The smallest absolute Gasteiger partial charge is 0.194 e. The fourth-order valence-electron chi connectivity index (χ4n) is 2.15. The second-order valence-corrected chi connectivity index (χ2v) is 7.21. The largest absolute Gasteiger partial charge is 0.357 e. The highest BCUT2D eigenvalue weighted by Gasteiger charge is 2.10. The summed E-state index contributed by atoms with van der Waals surface area (Å²) in [6.45, 7) is 8.79. The van der Waals surface area contributed by atoms with E-state index in [1.165, 1.54) is 5.56 Å². The topological polar surface area (TPSA) is 40.5 Å². The first-order valence-electron chi connectivity index (χ1n) is 7.52. The molecule has 6 heteroatoms. The van der Waals surface area contributed by atoms with Gasteiger partial charge in [0, 0.05) is 31.4 Å². The van der Waals surface area contributed by atoms with Gasteiger partial charge in [0.15, 0.2) is 5.96 Å². The summed E-state index contributed by atoms with van der Waals surface area (Å²) in [7, 11) is 2.06. The Morgan fingerprint density at radius 3 is 2.86 bits per heavy atom. The number of nitrogens with zero attached hydrogens (tertiary/aromatic N) is 3. The van der Waals surface area contributed by atoms with Gasteiger partial charge in [0.25, 0.3) is 0 Å². The van der Waals surface area contributed by atoms with Crippen LogP contribution in [0.5, 0.6) is 0 Å². The summed E-state index contributed by atoms with van der Waals surface area (Å²) >= 11 is 3.43. The standard InChI is InChI=1S/C16H24N4S2/c1-5-17-16(18-8-12(2)14-6-7-21-10-14)20(4)9-15-11-22-13(3)19-15/h6-7,10-12H,5,8-9H2,1-4H3,(H,17,18). The average Bonchev–Trinajstić information content (AvgIpc) is 3.14. The van der Waals surface area contributed by atoms with Gasteiger partial charge in [-0.05, 0) is 36.2 Å². The van der Waals surface area contributed by atoms with E-state index in [-0.39, 0.29) is 0 Å². The third-order valence-corrected chi connectivity index (χ3v) is 4.91. The highest BCUT2D eigenvalue weighted by atomic mass is 32.1. The normalized spacial score (nSPS) is 13.2. The maximum Gasteiger partial charge on any atom is 0.194 e. The number of hydrogen-bond donors (Lipinski definition) is 1. The van der Waals surface area contributed by atoms with E-state index in [1.807, 2.05) is 6.92 Å². The zero-order valence-electron chi connectivity index (χ0n) is 13.7. The number of thiazole rings is 1. The molecule has 0 spiro atoms. The van der Waals surface area contributed by atoms with Crippen molar-refractivity contribution >= 4 is 28.6 Å². The van der Waals surface area contributed by atoms with Crippen LogP contribution in [0.3, 0.4) is 0 Å². The van der Waals surface area contributed by atoms with Gasteiger partial charge in [-0.2, -0.15) is 11.3 Å². The van der Waals surface area contributed by atoms with Crippen LogP contribution < -0.4 is 5.32 Å². The molecule has 1 atom stereocenters. The molecular weight excluding hydrogens is 312 g/mol. The highest BCUT2D eigenvalue weighted by molar-refractivity contribution is 7.09. The minimum Gasteiger partial charge on any atom is -0.357 e. The molecule has 0 saturated carbocycles. The third kappa shape index (κ3) is 4.81. The molecule has 0 amide bonds. The van der Waals surface area contributed by atoms with Gasteiger partial charge in [0.2, 0.25) is 0 Å². The number of aliphatic imine (C=N–C) groups is 1. The number of aromatic nitrogens is 1. The summed E-state index contributed by atoms with van der Waals surface area (Å²) in [4.78, 5) is 11.4. The molecule has 0 bridgehead atoms. The molecule has 2 heterocycles. The zero-order chi connectivity index (χ0) is 15.9. The molecular formula is C16H24N4S2. The molecule has 0 aliphatic heterocycles. The maximum atomic E-state index is 4.78. The molecule has 0 aliphatic carbocycles. The summed E-state index contributed by atoms with van der Waals surface area (Å²) in [5, 5.41) is 10.9. The summed E-state index contributed by atoms with van der Waals surface area (Å²) in [6.07, 6.45) is 0. The number of thiophene rings is 1. The Morgan fingerprint density at radius 2 is 2.27 bits per heavy atom. The molecule has 1 unspecified atom stereocenters. The summed E-state index contributed by atoms with van der Waals surface area (Å²) in [5.74, 6) is 1.38. The molecule has 0 aliphatic rings. The Bertz CT molecular complexity index is 589. The Kier molecular flexibility index (Phi) is 6.39. The fourth-order valence-corrected chi connectivity index (χ4v) is 3.54. The zero-order valence-corrected chi connectivity index (χ0v) is 15.3. The van der Waals surface area contributed by atoms with Crippen LogP contribution in [0, 0.1) is 6.92 Å². The van der Waals surface area contributed by atoms with Crippen LogP contribution in [-0.4, -0.2) is 36.0 Å². The van der Waals surface area contributed by atoms with Crippen LogP contribution >= 0.6 is 22.7 Å². The third-order valence-electron chi connectivity index (χ3n) is 3.39. The molecule has 2 rings (SSSR count). The van der Waals surface area contributed by atoms with E-state index < -0.39 is 0 Å². The van der Waals surface area contributed by atoms with Crippen LogP contribution in [0.25, 0.3) is 0 Å². The lowest BCUT2D eigenvalue weighted by Gasteiger charge is -2.21. The molecule has 4 nitrogen and oxygen atoms in total. The fraction of sp³-hybridized carbons (Fsp3) is 0.500. The Hall–Kier alpha value is -1.40. The molecule has 2 aromatic rings. The SMILES string of the molecule is CCNC(=NCC(C)c1ccsc1)N(C)Cc1csc(C)n1. The molecule has 22 heavy (non-hydrogen) atoms. The predicted octanol–water partition coefficient (Wildman–Crippen LogP) is 3.71. The van der Waals surface area contributed by atoms with Gasteiger partial charge in [-0.15, -0.1) is 11.3 Å². The van der Waals surface area contributed by atoms with Crippen LogP contribution in [0.15, 0.2) is 27.2 Å². The number of nitrogens with one attached hydrogen (secondary N) is 1. The van der Waals surface area contributed by atoms with Gasteiger partial charge in [0.1, 0.15) is 0 Å². The van der Waals surface area contributed by atoms with Gasteiger partial charge < -0.3 is 10.2 Å². The minimum absolute atomic E-state index is 0.440. The molecule has 0 fully saturated rings. The Balaban J connectivity index is 1.99. The van der Waals surface area contributed by atoms with Crippen molar-refractivity contribution in [3.05, 3.63) is 38.5 Å². The maximum absolute atomic E-state index is 4.78. The van der Waals surface area contributed by atoms with Crippen molar-refractivity contribution in [2.45, 2.75) is 33.2 Å². The van der Waals surface area contributed by atoms with Crippen molar-refractivity contribution in [1.29, 1.82) is 0 Å². The van der Waals surface area contributed by atoms with Crippen molar-refractivity contribution in [2.24, 2.45) is 4.99 Å². The lowest BCUT2D eigenvalue weighted by molar-refractivity contribution is 0.470. The van der Waals surface area contributed by atoms with Crippen molar-refractivity contribution in [3.8, 4) is 0 Å². The first-order valence-corrected chi connectivity index (χ1v) is 9.35. The monoisotopic (exact) mass is 336 g/mol. The second kappa shape index (κ2) is 8.29. The van der Waals surface area contributed by atoms with E-state index in [1.54, 1.807) is 22.7 Å². The summed E-state index contributed by atoms with van der Waals surface area (Å²) in [5.41, 5.74) is 2.46. The lowest BCUT2D eigenvalue weighted by Crippen LogP contribution is -2.38. The second-order valence-electron chi connectivity index (χ2n) is 5.37. The van der Waals surface area contributed by atoms with Gasteiger partial charge in [-0.1, -0.05) is 6.92 Å². The Labute approximate surface area is 140 Å². The van der Waals surface area contributed by atoms with Crippen LogP contribution in [0.1, 0.15) is 36.0 Å². The van der Waals surface area contributed by atoms with Crippen molar-refractivity contribution < 1.29 is 0 Å². The summed E-state index contributed by atoms with van der Waals surface area (Å²) < 4.78 is 0. The molecule has 0 saturated heterocycles. The quantitative estimate of drug-likeness (QED) is 0.646. The van der Waals surface area contributed by atoms with Crippen LogP contribution in [0.2, 0.25) is 0 Å². The number of rotatable bonds is 6. The van der Waals surface area contributed by atoms with Crippen molar-refractivity contribution in [2.75, 3.05) is 20.1 Å². The van der Waals surface area contributed by atoms with Gasteiger partial charge in [0.05, 0.1) is 17.2 Å². The van der Waals surface area contributed by atoms with Gasteiger partial charge in [-0.3, -0.25) is 4.99 Å². The molecule has 120 valence electrons.